The molecule has 17 heavy (non-hydrogen) atoms. The monoisotopic (exact) mass is 259 g/mol. The number of hydrogen-bond acceptors (Lipinski definition) is 3. The zero-order valence-electron chi connectivity index (χ0n) is 9.43. The molecule has 0 aliphatic carbocycles. The Hall–Kier alpha value is -0.980. The Balaban J connectivity index is 2.41. The number of hydrogen-bond donors (Lipinski definition) is 1. The molecule has 0 radical (unpaired) electrons. The predicted octanol–water partition coefficient (Wildman–Crippen LogP) is 0.889. The largest absolute Gasteiger partial charge is 0.392 e. The summed E-state index contributed by atoms with van der Waals surface area (Å²) >= 11 is 0. The minimum Gasteiger partial charge on any atom is -0.392 e. The van der Waals surface area contributed by atoms with Crippen molar-refractivity contribution in [3.63, 3.8) is 0 Å². The van der Waals surface area contributed by atoms with Crippen LogP contribution in [0.1, 0.15) is 12.0 Å². The quantitative estimate of drug-likeness (QED) is 0.858. The van der Waals surface area contributed by atoms with E-state index < -0.39 is 21.9 Å². The molecule has 0 aromatic heterocycles. The van der Waals surface area contributed by atoms with Gasteiger partial charge in [0.15, 0.2) is 0 Å². The van der Waals surface area contributed by atoms with E-state index in [1.54, 1.807) is 6.92 Å². The van der Waals surface area contributed by atoms with Gasteiger partial charge in [0.05, 0.1) is 11.0 Å². The van der Waals surface area contributed by atoms with Gasteiger partial charge in [0.25, 0.3) is 0 Å². The number of aryl methyl sites for hydroxylation is 1. The molecule has 0 spiro atoms. The Bertz CT molecular complexity index is 530. The van der Waals surface area contributed by atoms with Crippen molar-refractivity contribution in [1.29, 1.82) is 0 Å². The van der Waals surface area contributed by atoms with Gasteiger partial charge >= 0.3 is 0 Å². The number of rotatable bonds is 2. The average molecular weight is 259 g/mol. The number of aliphatic hydroxyl groups is 1. The normalized spacial score (nSPS) is 21.9. The lowest BCUT2D eigenvalue weighted by Gasteiger charge is -2.17. The lowest BCUT2D eigenvalue weighted by Crippen LogP contribution is -2.30. The van der Waals surface area contributed by atoms with Gasteiger partial charge in [-0.15, -0.1) is 0 Å². The summed E-state index contributed by atoms with van der Waals surface area (Å²) in [5, 5.41) is 9.35. The zero-order valence-corrected chi connectivity index (χ0v) is 10.2. The van der Waals surface area contributed by atoms with E-state index in [0.717, 1.165) is 6.07 Å². The van der Waals surface area contributed by atoms with Crippen LogP contribution < -0.4 is 0 Å². The number of β-amino-alcohol motifs (C(OH)–C–C–N with tert-alkyl or cyclic N) is 1. The molecule has 1 aliphatic rings. The summed E-state index contributed by atoms with van der Waals surface area (Å²) in [6.07, 6.45) is -0.202. The minimum absolute atomic E-state index is 0.0217. The van der Waals surface area contributed by atoms with Crippen molar-refractivity contribution in [3.8, 4) is 0 Å². The number of nitrogens with zero attached hydrogens (tertiary/aromatic N) is 1. The third-order valence-electron chi connectivity index (χ3n) is 2.89. The molecule has 1 heterocycles. The zero-order chi connectivity index (χ0) is 12.6. The molecule has 1 N–H and O–H groups in total. The van der Waals surface area contributed by atoms with Crippen LogP contribution in [0, 0.1) is 12.7 Å². The smallest absolute Gasteiger partial charge is 0.243 e. The van der Waals surface area contributed by atoms with E-state index in [1.807, 2.05) is 0 Å². The van der Waals surface area contributed by atoms with Gasteiger partial charge in [0, 0.05) is 13.1 Å². The van der Waals surface area contributed by atoms with Gasteiger partial charge in [-0.05, 0) is 31.0 Å². The molecule has 1 saturated heterocycles. The van der Waals surface area contributed by atoms with Gasteiger partial charge in [-0.2, -0.15) is 4.31 Å². The lowest BCUT2D eigenvalue weighted by atomic mass is 10.2. The van der Waals surface area contributed by atoms with Gasteiger partial charge in [0.2, 0.25) is 10.0 Å². The maximum Gasteiger partial charge on any atom is 0.243 e. The molecular weight excluding hydrogens is 245 g/mol. The summed E-state index contributed by atoms with van der Waals surface area (Å²) in [7, 11) is -3.69. The molecule has 1 aliphatic heterocycles. The fourth-order valence-electron chi connectivity index (χ4n) is 1.92. The highest BCUT2D eigenvalue weighted by molar-refractivity contribution is 7.89. The first kappa shape index (κ1) is 12.5. The third-order valence-corrected chi connectivity index (χ3v) is 4.90. The Morgan fingerprint density at radius 3 is 2.76 bits per heavy atom. The highest BCUT2D eigenvalue weighted by atomic mass is 32.2. The third kappa shape index (κ3) is 2.34. The molecule has 1 aromatic carbocycles. The highest BCUT2D eigenvalue weighted by Gasteiger charge is 2.32. The van der Waals surface area contributed by atoms with Crippen LogP contribution >= 0.6 is 0 Å². The van der Waals surface area contributed by atoms with E-state index in [4.69, 9.17) is 0 Å². The van der Waals surface area contributed by atoms with Crippen LogP contribution in [0.15, 0.2) is 23.1 Å². The summed E-state index contributed by atoms with van der Waals surface area (Å²) in [6.45, 7) is 1.98. The summed E-state index contributed by atoms with van der Waals surface area (Å²) in [6, 6.07) is 3.69. The van der Waals surface area contributed by atoms with Crippen LogP contribution in [0.25, 0.3) is 0 Å². The van der Waals surface area contributed by atoms with Gasteiger partial charge < -0.3 is 5.11 Å². The second-order valence-corrected chi connectivity index (χ2v) is 6.12. The van der Waals surface area contributed by atoms with E-state index in [0.29, 0.717) is 12.0 Å². The number of sulfonamides is 1. The van der Waals surface area contributed by atoms with Crippen molar-refractivity contribution in [3.05, 3.63) is 29.6 Å². The minimum atomic E-state index is -3.69. The molecule has 1 atom stereocenters. The van der Waals surface area contributed by atoms with E-state index in [2.05, 4.69) is 0 Å². The summed E-state index contributed by atoms with van der Waals surface area (Å²) < 4.78 is 38.7. The molecule has 0 amide bonds. The van der Waals surface area contributed by atoms with Gasteiger partial charge in [-0.25, -0.2) is 12.8 Å². The molecule has 6 heteroatoms. The number of halogens is 1. The molecular formula is C11H14FNO3S. The molecule has 0 saturated carbocycles. The van der Waals surface area contributed by atoms with Crippen molar-refractivity contribution in [2.24, 2.45) is 0 Å². The van der Waals surface area contributed by atoms with Gasteiger partial charge in [-0.1, -0.05) is 6.07 Å². The van der Waals surface area contributed by atoms with E-state index in [-0.39, 0.29) is 18.0 Å². The van der Waals surface area contributed by atoms with Crippen LogP contribution in [-0.2, 0) is 10.0 Å². The van der Waals surface area contributed by atoms with Crippen LogP contribution in [0.3, 0.4) is 0 Å². The SMILES string of the molecule is Cc1ccc(F)cc1S(=O)(=O)N1CCC(O)C1. The predicted molar refractivity (Wildman–Crippen MR) is 60.5 cm³/mol. The van der Waals surface area contributed by atoms with Crippen LogP contribution in [-0.4, -0.2) is 37.0 Å². The fraction of sp³-hybridized carbons (Fsp3) is 0.455. The van der Waals surface area contributed by atoms with E-state index >= 15 is 0 Å². The average Bonchev–Trinajstić information content (AvgIpc) is 2.69. The maximum absolute atomic E-state index is 13.1. The van der Waals surface area contributed by atoms with Gasteiger partial charge in [0.1, 0.15) is 5.82 Å². The van der Waals surface area contributed by atoms with Crippen molar-refractivity contribution in [2.45, 2.75) is 24.3 Å². The summed E-state index contributed by atoms with van der Waals surface area (Å²) in [5.41, 5.74) is 0.507. The maximum atomic E-state index is 13.1. The van der Waals surface area contributed by atoms with Gasteiger partial charge in [-0.3, -0.25) is 0 Å². The first-order valence-electron chi connectivity index (χ1n) is 5.35. The first-order valence-corrected chi connectivity index (χ1v) is 6.79. The molecule has 1 aromatic rings. The molecule has 4 nitrogen and oxygen atoms in total. The van der Waals surface area contributed by atoms with Crippen molar-refractivity contribution in [2.75, 3.05) is 13.1 Å². The Labute approximate surface area is 99.7 Å². The topological polar surface area (TPSA) is 57.6 Å². The van der Waals surface area contributed by atoms with E-state index in [9.17, 15) is 17.9 Å². The molecule has 1 unspecified atom stereocenters. The summed E-state index contributed by atoms with van der Waals surface area (Å²) in [4.78, 5) is -0.0217. The standard InChI is InChI=1S/C11H14FNO3S/c1-8-2-3-9(12)6-11(8)17(15,16)13-5-4-10(14)7-13/h2-3,6,10,14H,4-5,7H2,1H3. The van der Waals surface area contributed by atoms with Crippen molar-refractivity contribution in [1.82, 2.24) is 4.31 Å². The highest BCUT2D eigenvalue weighted by Crippen LogP contribution is 2.24. The van der Waals surface area contributed by atoms with Crippen LogP contribution in [0.4, 0.5) is 4.39 Å². The number of benzene rings is 1. The van der Waals surface area contributed by atoms with Crippen molar-refractivity contribution < 1.29 is 17.9 Å². The lowest BCUT2D eigenvalue weighted by molar-refractivity contribution is 0.189. The Morgan fingerprint density at radius 1 is 1.47 bits per heavy atom. The summed E-state index contributed by atoms with van der Waals surface area (Å²) in [5.74, 6) is -0.575. The fourth-order valence-corrected chi connectivity index (χ4v) is 3.65. The van der Waals surface area contributed by atoms with Crippen molar-refractivity contribution >= 4 is 10.0 Å². The second-order valence-electron chi connectivity index (χ2n) is 4.22. The van der Waals surface area contributed by atoms with Crippen LogP contribution in [0.2, 0.25) is 0 Å². The van der Waals surface area contributed by atoms with E-state index in [1.165, 1.54) is 16.4 Å². The first-order chi connectivity index (χ1) is 7.91. The van der Waals surface area contributed by atoms with Crippen LogP contribution in [0.5, 0.6) is 0 Å². The molecule has 0 bridgehead atoms. The molecule has 2 rings (SSSR count). The Morgan fingerprint density at radius 2 is 2.18 bits per heavy atom. The molecule has 94 valence electrons. The number of aliphatic hydroxyl groups excluding tert-OH is 1. The second kappa shape index (κ2) is 4.36. The molecule has 1 fully saturated rings. The Kier molecular flexibility index (Phi) is 3.20.